The lowest BCUT2D eigenvalue weighted by Crippen LogP contribution is -2.37. The number of aliphatic hydroxyl groups is 1. The van der Waals surface area contributed by atoms with E-state index in [2.05, 4.69) is 15.1 Å². The molecule has 43 heavy (non-hydrogen) atoms. The van der Waals surface area contributed by atoms with Crippen molar-refractivity contribution in [3.8, 4) is 34.0 Å². The molecule has 1 aromatic carbocycles. The molecule has 0 unspecified atom stereocenters. The number of alkyl halides is 3. The van der Waals surface area contributed by atoms with Crippen LogP contribution in [0.2, 0.25) is 0 Å². The molecule has 0 radical (unpaired) electrons. The van der Waals surface area contributed by atoms with Crippen molar-refractivity contribution in [1.29, 1.82) is 5.26 Å². The normalized spacial score (nSPS) is 12.5. The lowest BCUT2D eigenvalue weighted by molar-refractivity contribution is -0.142. The van der Waals surface area contributed by atoms with Crippen molar-refractivity contribution in [1.82, 2.24) is 19.7 Å². The van der Waals surface area contributed by atoms with Gasteiger partial charge in [0.2, 0.25) is 0 Å². The van der Waals surface area contributed by atoms with Crippen molar-refractivity contribution in [2.75, 3.05) is 11.4 Å². The average molecular weight is 595 g/mol. The molecule has 0 bridgehead atoms. The van der Waals surface area contributed by atoms with E-state index < -0.39 is 41.6 Å². The first-order valence-corrected chi connectivity index (χ1v) is 13.2. The van der Waals surface area contributed by atoms with E-state index in [0.29, 0.717) is 22.4 Å². The number of amides is 1. The fourth-order valence-electron chi connectivity index (χ4n) is 5.09. The van der Waals surface area contributed by atoms with E-state index in [1.54, 1.807) is 27.7 Å². The maximum atomic E-state index is 15.3. The Kier molecular flexibility index (Phi) is 7.43. The Morgan fingerprint density at radius 3 is 2.51 bits per heavy atom. The summed E-state index contributed by atoms with van der Waals surface area (Å²) >= 11 is 0. The van der Waals surface area contributed by atoms with Crippen LogP contribution in [0.4, 0.5) is 28.0 Å². The molecule has 9 nitrogen and oxygen atoms in total. The van der Waals surface area contributed by atoms with Crippen LogP contribution in [0.3, 0.4) is 0 Å². The zero-order valence-electron chi connectivity index (χ0n) is 23.6. The van der Waals surface area contributed by atoms with Crippen molar-refractivity contribution in [3.05, 3.63) is 76.9 Å². The van der Waals surface area contributed by atoms with Crippen LogP contribution in [-0.4, -0.2) is 43.1 Å². The molecule has 0 fully saturated rings. The molecule has 4 aromatic rings. The first-order valence-electron chi connectivity index (χ1n) is 13.2. The maximum Gasteiger partial charge on any atom is 0.435 e. The fourth-order valence-corrected chi connectivity index (χ4v) is 5.09. The van der Waals surface area contributed by atoms with Gasteiger partial charge in [0.05, 0.1) is 29.2 Å². The number of pyridine rings is 2. The highest BCUT2D eigenvalue weighted by Gasteiger charge is 2.39. The Balaban J connectivity index is 1.81. The van der Waals surface area contributed by atoms with Gasteiger partial charge >= 0.3 is 12.3 Å². The molecule has 0 spiro atoms. The molecular weight excluding hydrogens is 568 g/mol. The Labute approximate surface area is 244 Å². The van der Waals surface area contributed by atoms with E-state index >= 15 is 4.39 Å². The summed E-state index contributed by atoms with van der Waals surface area (Å²) in [6.07, 6.45) is -0.202. The van der Waals surface area contributed by atoms with Crippen LogP contribution in [0.15, 0.2) is 43.0 Å². The summed E-state index contributed by atoms with van der Waals surface area (Å²) < 4.78 is 63.5. The minimum atomic E-state index is -4.87. The Morgan fingerprint density at radius 1 is 1.16 bits per heavy atom. The van der Waals surface area contributed by atoms with E-state index in [1.165, 1.54) is 41.7 Å². The fraction of sp³-hybridized carbons (Fsp3) is 0.300. The first-order chi connectivity index (χ1) is 20.2. The van der Waals surface area contributed by atoms with Gasteiger partial charge in [-0.2, -0.15) is 23.5 Å². The van der Waals surface area contributed by atoms with Crippen molar-refractivity contribution in [2.24, 2.45) is 0 Å². The summed E-state index contributed by atoms with van der Waals surface area (Å²) in [6, 6.07) is 5.91. The number of rotatable bonds is 5. The Hall–Kier alpha value is -4.83. The number of ether oxygens (including phenoxy) is 1. The third kappa shape index (κ3) is 5.53. The summed E-state index contributed by atoms with van der Waals surface area (Å²) in [5.74, 6) is -0.694. The molecule has 1 aliphatic rings. The summed E-state index contributed by atoms with van der Waals surface area (Å²) in [5.41, 5.74) is 0.109. The van der Waals surface area contributed by atoms with Gasteiger partial charge < -0.3 is 9.84 Å². The number of carbonyl (C=O) groups is 1. The van der Waals surface area contributed by atoms with Crippen LogP contribution < -0.4 is 4.90 Å². The molecule has 0 atom stereocenters. The molecule has 0 saturated carbocycles. The van der Waals surface area contributed by atoms with Gasteiger partial charge in [0.15, 0.2) is 5.69 Å². The summed E-state index contributed by atoms with van der Waals surface area (Å²) in [6.45, 7) is 6.04. The minimum absolute atomic E-state index is 0.114. The van der Waals surface area contributed by atoms with Crippen LogP contribution in [0, 0.1) is 17.1 Å². The van der Waals surface area contributed by atoms with Crippen molar-refractivity contribution in [2.45, 2.75) is 52.5 Å². The van der Waals surface area contributed by atoms with Gasteiger partial charge in [-0.15, -0.1) is 0 Å². The Bertz CT molecular complexity index is 1790. The molecule has 5 rings (SSSR count). The lowest BCUT2D eigenvalue weighted by Gasteiger charge is -2.28. The van der Waals surface area contributed by atoms with Gasteiger partial charge in [0.25, 0.3) is 0 Å². The number of fused-ring (bicyclic) bond motifs is 3. The standard InChI is InChI=1S/C30H26F4N6O3/c1-5-39(28(42)43-29(2,3)4)24-8-19(31)7-21-20(24)9-23-25(21)26(40-14-18(15-41)27(38-40)30(32,33)34)22(13-37-23)17-6-16(10-35)11-36-12-17/h6-8,11-14,41H,5,9,15H2,1-4H3. The Morgan fingerprint density at radius 2 is 1.91 bits per heavy atom. The molecule has 0 aliphatic heterocycles. The minimum Gasteiger partial charge on any atom is -0.443 e. The number of benzene rings is 1. The number of nitriles is 1. The second-order valence-electron chi connectivity index (χ2n) is 10.9. The van der Waals surface area contributed by atoms with Gasteiger partial charge in [-0.3, -0.25) is 14.9 Å². The number of aromatic nitrogens is 4. The summed E-state index contributed by atoms with van der Waals surface area (Å²) in [4.78, 5) is 23.1. The monoisotopic (exact) mass is 594 g/mol. The maximum absolute atomic E-state index is 15.3. The molecule has 1 amide bonds. The van der Waals surface area contributed by atoms with E-state index in [4.69, 9.17) is 4.74 Å². The van der Waals surface area contributed by atoms with Crippen molar-refractivity contribution >= 4 is 11.8 Å². The molecule has 1 aliphatic carbocycles. The van der Waals surface area contributed by atoms with Crippen LogP contribution in [0.1, 0.15) is 55.8 Å². The SMILES string of the molecule is CCN(C(=O)OC(C)(C)C)c1cc(F)cc2c1Cc1ncc(-c3cncc(C#N)c3)c(-n3cc(CO)c(C(F)(F)F)n3)c1-2. The van der Waals surface area contributed by atoms with Gasteiger partial charge in [0, 0.05) is 60.0 Å². The highest BCUT2D eigenvalue weighted by molar-refractivity contribution is 5.96. The van der Waals surface area contributed by atoms with Crippen LogP contribution in [0.5, 0.6) is 0 Å². The molecule has 222 valence electrons. The largest absolute Gasteiger partial charge is 0.443 e. The van der Waals surface area contributed by atoms with Crippen LogP contribution in [-0.2, 0) is 23.9 Å². The van der Waals surface area contributed by atoms with Crippen molar-refractivity contribution in [3.63, 3.8) is 0 Å². The predicted octanol–water partition coefficient (Wildman–Crippen LogP) is 6.18. The highest BCUT2D eigenvalue weighted by atomic mass is 19.4. The number of carbonyl (C=O) groups excluding carboxylic acids is 1. The highest BCUT2D eigenvalue weighted by Crippen LogP contribution is 2.47. The van der Waals surface area contributed by atoms with Crippen molar-refractivity contribution < 1.29 is 32.2 Å². The topological polar surface area (TPSA) is 117 Å². The molecule has 13 heteroatoms. The van der Waals surface area contributed by atoms with Gasteiger partial charge in [-0.05, 0) is 57.0 Å². The molecule has 0 saturated heterocycles. The summed E-state index contributed by atoms with van der Waals surface area (Å²) in [5, 5.41) is 23.0. The lowest BCUT2D eigenvalue weighted by atomic mass is 9.98. The number of hydrogen-bond donors (Lipinski definition) is 1. The molecular formula is C30H26F4N6O3. The third-order valence-corrected chi connectivity index (χ3v) is 6.79. The van der Waals surface area contributed by atoms with Gasteiger partial charge in [-0.1, -0.05) is 0 Å². The second-order valence-corrected chi connectivity index (χ2v) is 10.9. The second kappa shape index (κ2) is 10.8. The quantitative estimate of drug-likeness (QED) is 0.241. The number of nitrogens with zero attached hydrogens (tertiary/aromatic N) is 6. The van der Waals surface area contributed by atoms with E-state index in [9.17, 15) is 28.3 Å². The summed E-state index contributed by atoms with van der Waals surface area (Å²) in [7, 11) is 0. The van der Waals surface area contributed by atoms with E-state index in [-0.39, 0.29) is 41.0 Å². The van der Waals surface area contributed by atoms with Gasteiger partial charge in [0.1, 0.15) is 17.5 Å². The zero-order chi connectivity index (χ0) is 31.3. The number of aliphatic hydroxyl groups excluding tert-OH is 1. The third-order valence-electron chi connectivity index (χ3n) is 6.79. The predicted molar refractivity (Wildman–Crippen MR) is 148 cm³/mol. The molecule has 1 N–H and O–H groups in total. The van der Waals surface area contributed by atoms with Crippen LogP contribution in [0.25, 0.3) is 27.9 Å². The average Bonchev–Trinajstić information content (AvgIpc) is 3.54. The smallest absolute Gasteiger partial charge is 0.435 e. The van der Waals surface area contributed by atoms with Gasteiger partial charge in [-0.25, -0.2) is 13.9 Å². The number of hydrogen-bond acceptors (Lipinski definition) is 7. The first kappa shape index (κ1) is 29.7. The number of halogens is 4. The molecule has 3 aromatic heterocycles. The van der Waals surface area contributed by atoms with Crippen LogP contribution >= 0.6 is 0 Å². The van der Waals surface area contributed by atoms with E-state index in [1.807, 2.05) is 6.07 Å². The van der Waals surface area contributed by atoms with E-state index in [0.717, 1.165) is 10.9 Å². The number of anilines is 1. The zero-order valence-corrected chi connectivity index (χ0v) is 23.6. The molecule has 3 heterocycles.